The first-order chi connectivity index (χ1) is 10.8. The Balaban J connectivity index is 1.44. The molecular formula is C18H24N2O2. The maximum absolute atomic E-state index is 6.15. The number of hydrogen-bond donors (Lipinski definition) is 0. The minimum Gasteiger partial charge on any atom is -0.465 e. The Morgan fingerprint density at radius 3 is 2.82 bits per heavy atom. The number of nitrogens with zero attached hydrogens (tertiary/aromatic N) is 2. The van der Waals surface area contributed by atoms with Crippen LogP contribution in [0.3, 0.4) is 0 Å². The van der Waals surface area contributed by atoms with E-state index in [1.807, 2.05) is 6.92 Å². The van der Waals surface area contributed by atoms with Crippen LogP contribution >= 0.6 is 0 Å². The summed E-state index contributed by atoms with van der Waals surface area (Å²) in [5.41, 5.74) is 0. The summed E-state index contributed by atoms with van der Waals surface area (Å²) in [6, 6.07) is 8.89. The molecule has 2 aromatic heterocycles. The van der Waals surface area contributed by atoms with Gasteiger partial charge in [-0.1, -0.05) is 0 Å². The maximum atomic E-state index is 6.15. The fourth-order valence-corrected chi connectivity index (χ4v) is 4.06. The molecule has 22 heavy (non-hydrogen) atoms. The lowest BCUT2D eigenvalue weighted by Gasteiger charge is -2.39. The summed E-state index contributed by atoms with van der Waals surface area (Å²) >= 11 is 0. The Bertz CT molecular complexity index is 604. The Morgan fingerprint density at radius 1 is 1.18 bits per heavy atom. The van der Waals surface area contributed by atoms with E-state index in [1.54, 1.807) is 0 Å². The van der Waals surface area contributed by atoms with Gasteiger partial charge >= 0.3 is 0 Å². The van der Waals surface area contributed by atoms with Gasteiger partial charge in [-0.15, -0.1) is 0 Å². The van der Waals surface area contributed by atoms with Crippen molar-refractivity contribution in [3.8, 4) is 0 Å². The number of hydrogen-bond acceptors (Lipinski definition) is 3. The summed E-state index contributed by atoms with van der Waals surface area (Å²) < 4.78 is 14.2. The number of ether oxygens (including phenoxy) is 1. The fraction of sp³-hybridized carbons (Fsp3) is 0.556. The van der Waals surface area contributed by atoms with E-state index >= 15 is 0 Å². The summed E-state index contributed by atoms with van der Waals surface area (Å²) in [5, 5.41) is 0. The lowest BCUT2D eigenvalue weighted by molar-refractivity contribution is -0.0801. The lowest BCUT2D eigenvalue weighted by atomic mass is 10.0. The van der Waals surface area contributed by atoms with Crippen molar-refractivity contribution in [2.45, 2.75) is 45.0 Å². The van der Waals surface area contributed by atoms with Gasteiger partial charge < -0.3 is 13.7 Å². The van der Waals surface area contributed by atoms with Crippen LogP contribution in [-0.2, 0) is 17.8 Å². The highest BCUT2D eigenvalue weighted by atomic mass is 16.5. The summed E-state index contributed by atoms with van der Waals surface area (Å²) in [6.07, 6.45) is 7.16. The van der Waals surface area contributed by atoms with Gasteiger partial charge in [0.2, 0.25) is 0 Å². The highest BCUT2D eigenvalue weighted by Crippen LogP contribution is 2.36. The van der Waals surface area contributed by atoms with Gasteiger partial charge in [0.1, 0.15) is 11.5 Å². The minimum atomic E-state index is 0.368. The van der Waals surface area contributed by atoms with Crippen molar-refractivity contribution in [3.63, 3.8) is 0 Å². The van der Waals surface area contributed by atoms with Crippen LogP contribution in [0.2, 0.25) is 0 Å². The van der Waals surface area contributed by atoms with E-state index < -0.39 is 0 Å². The van der Waals surface area contributed by atoms with Gasteiger partial charge in [-0.2, -0.15) is 0 Å². The Morgan fingerprint density at radius 2 is 2.05 bits per heavy atom. The normalized spacial score (nSPS) is 28.9. The smallest absolute Gasteiger partial charge is 0.118 e. The second kappa shape index (κ2) is 5.94. The van der Waals surface area contributed by atoms with Crippen molar-refractivity contribution >= 4 is 0 Å². The molecule has 3 heterocycles. The monoisotopic (exact) mass is 300 g/mol. The Hall–Kier alpha value is -1.52. The molecule has 2 fully saturated rings. The van der Waals surface area contributed by atoms with Crippen molar-refractivity contribution < 1.29 is 9.15 Å². The summed E-state index contributed by atoms with van der Waals surface area (Å²) in [4.78, 5) is 2.56. The van der Waals surface area contributed by atoms with Crippen molar-refractivity contribution in [2.75, 3.05) is 13.2 Å². The molecule has 4 rings (SSSR count). The number of morpholine rings is 1. The van der Waals surface area contributed by atoms with Crippen molar-refractivity contribution in [2.24, 2.45) is 5.92 Å². The lowest BCUT2D eigenvalue weighted by Crippen LogP contribution is -2.50. The summed E-state index contributed by atoms with van der Waals surface area (Å²) in [6.45, 7) is 5.84. The molecule has 118 valence electrons. The summed E-state index contributed by atoms with van der Waals surface area (Å²) in [5.74, 6) is 2.70. The molecule has 1 aliphatic heterocycles. The van der Waals surface area contributed by atoms with Crippen LogP contribution in [0.4, 0.5) is 0 Å². The molecule has 2 aliphatic rings. The first kappa shape index (κ1) is 14.1. The number of fused-ring (bicyclic) bond motifs is 1. The zero-order chi connectivity index (χ0) is 14.9. The minimum absolute atomic E-state index is 0.368. The zero-order valence-corrected chi connectivity index (χ0v) is 13.1. The van der Waals surface area contributed by atoms with Gasteiger partial charge in [0.15, 0.2) is 0 Å². The van der Waals surface area contributed by atoms with Crippen molar-refractivity contribution in [3.05, 3.63) is 48.2 Å². The largest absolute Gasteiger partial charge is 0.465 e. The van der Waals surface area contributed by atoms with E-state index in [-0.39, 0.29) is 0 Å². The predicted octanol–water partition coefficient (Wildman–Crippen LogP) is 3.07. The molecule has 1 aliphatic carbocycles. The van der Waals surface area contributed by atoms with Gasteiger partial charge in [-0.05, 0) is 44.0 Å². The van der Waals surface area contributed by atoms with E-state index in [2.05, 4.69) is 46.1 Å². The Labute approximate surface area is 131 Å². The first-order valence-electron chi connectivity index (χ1n) is 8.31. The van der Waals surface area contributed by atoms with Crippen LogP contribution in [-0.4, -0.2) is 34.8 Å². The molecule has 3 atom stereocenters. The van der Waals surface area contributed by atoms with Crippen LogP contribution < -0.4 is 0 Å². The number of aryl methyl sites for hydroxylation is 1. The zero-order valence-electron chi connectivity index (χ0n) is 13.1. The molecule has 2 aromatic rings. The molecule has 0 N–H and O–H groups in total. The first-order valence-corrected chi connectivity index (χ1v) is 8.31. The third kappa shape index (κ3) is 2.73. The van der Waals surface area contributed by atoms with Crippen molar-refractivity contribution in [1.29, 1.82) is 0 Å². The van der Waals surface area contributed by atoms with Gasteiger partial charge in [0, 0.05) is 37.4 Å². The van der Waals surface area contributed by atoms with Gasteiger partial charge in [0.05, 0.1) is 19.3 Å². The molecule has 1 saturated carbocycles. The molecule has 0 radical (unpaired) electrons. The third-order valence-corrected chi connectivity index (χ3v) is 5.10. The van der Waals surface area contributed by atoms with Crippen molar-refractivity contribution in [1.82, 2.24) is 9.47 Å². The average molecular weight is 300 g/mol. The molecule has 0 bridgehead atoms. The number of furan rings is 1. The maximum Gasteiger partial charge on any atom is 0.118 e. The Kier molecular flexibility index (Phi) is 3.80. The molecule has 0 aromatic carbocycles. The molecule has 0 amide bonds. The quantitative estimate of drug-likeness (QED) is 0.869. The second-order valence-corrected chi connectivity index (χ2v) is 6.60. The van der Waals surface area contributed by atoms with Crippen LogP contribution in [0.25, 0.3) is 0 Å². The third-order valence-electron chi connectivity index (χ3n) is 5.10. The fourth-order valence-electron chi connectivity index (χ4n) is 4.06. The van der Waals surface area contributed by atoms with Gasteiger partial charge in [0.25, 0.3) is 0 Å². The van der Waals surface area contributed by atoms with Crippen LogP contribution in [0.5, 0.6) is 0 Å². The standard InChI is InChI=1S/C18H24N2O2/c1-14-4-6-16(22-14)13-20-10-11-21-18-15(5-7-17(18)20)12-19-8-2-3-9-19/h2-4,6,8-9,15,17-18H,5,7,10-13H2,1H3. The molecule has 4 nitrogen and oxygen atoms in total. The average Bonchev–Trinajstić information content (AvgIpc) is 3.23. The predicted molar refractivity (Wildman–Crippen MR) is 84.5 cm³/mol. The highest BCUT2D eigenvalue weighted by Gasteiger charge is 2.42. The molecule has 0 spiro atoms. The molecule has 4 heteroatoms. The molecular weight excluding hydrogens is 276 g/mol. The second-order valence-electron chi connectivity index (χ2n) is 6.60. The van der Waals surface area contributed by atoms with Gasteiger partial charge in [-0.3, -0.25) is 4.90 Å². The molecule has 1 saturated heterocycles. The van der Waals surface area contributed by atoms with Crippen LogP contribution in [0.15, 0.2) is 41.1 Å². The molecule has 3 unspecified atom stereocenters. The SMILES string of the molecule is Cc1ccc(CN2CCOC3C(Cn4cccc4)CCC32)o1. The highest BCUT2D eigenvalue weighted by molar-refractivity contribution is 5.07. The number of aromatic nitrogens is 1. The summed E-state index contributed by atoms with van der Waals surface area (Å²) in [7, 11) is 0. The van der Waals surface area contributed by atoms with E-state index in [9.17, 15) is 0 Å². The van der Waals surface area contributed by atoms with E-state index in [1.165, 1.54) is 12.8 Å². The van der Waals surface area contributed by atoms with Crippen LogP contribution in [0, 0.1) is 12.8 Å². The van der Waals surface area contributed by atoms with E-state index in [0.29, 0.717) is 18.1 Å². The number of rotatable bonds is 4. The van der Waals surface area contributed by atoms with E-state index in [4.69, 9.17) is 9.15 Å². The van der Waals surface area contributed by atoms with E-state index in [0.717, 1.165) is 37.8 Å². The van der Waals surface area contributed by atoms with Gasteiger partial charge in [-0.25, -0.2) is 0 Å². The topological polar surface area (TPSA) is 30.5 Å². The van der Waals surface area contributed by atoms with Crippen LogP contribution in [0.1, 0.15) is 24.4 Å².